The number of hydrogen-bond donors (Lipinski definition) is 0. The number of carbonyl (C=O) groups excluding carboxylic acids is 1. The molecule has 0 aliphatic carbocycles. The van der Waals surface area contributed by atoms with Gasteiger partial charge in [-0.3, -0.25) is 4.79 Å². The number of halogens is 3. The summed E-state index contributed by atoms with van der Waals surface area (Å²) in [7, 11) is 0. The highest BCUT2D eigenvalue weighted by atomic mass is 35.5. The monoisotopic (exact) mass is 535 g/mol. The molecule has 8 nitrogen and oxygen atoms in total. The summed E-state index contributed by atoms with van der Waals surface area (Å²) in [6.45, 7) is 1.07. The maximum absolute atomic E-state index is 14.2. The first-order chi connectivity index (χ1) is 17.0. The summed E-state index contributed by atoms with van der Waals surface area (Å²) in [4.78, 5) is 32.4. The molecule has 0 radical (unpaired) electrons. The van der Waals surface area contributed by atoms with Crippen LogP contribution in [0.3, 0.4) is 0 Å². The van der Waals surface area contributed by atoms with E-state index in [-0.39, 0.29) is 29.5 Å². The van der Waals surface area contributed by atoms with Crippen LogP contribution in [-0.4, -0.2) is 51.2 Å². The molecule has 0 bridgehead atoms. The zero-order valence-electron chi connectivity index (χ0n) is 18.4. The van der Waals surface area contributed by atoms with Gasteiger partial charge in [0.25, 0.3) is 11.8 Å². The van der Waals surface area contributed by atoms with Gasteiger partial charge in [-0.25, -0.2) is 19.3 Å². The molecule has 1 atom stereocenters. The van der Waals surface area contributed by atoms with Gasteiger partial charge in [0.05, 0.1) is 15.7 Å². The Morgan fingerprint density at radius 1 is 1.23 bits per heavy atom. The van der Waals surface area contributed by atoms with E-state index in [0.717, 1.165) is 23.5 Å². The molecule has 1 amide bonds. The lowest BCUT2D eigenvalue weighted by atomic mass is 9.97. The molecule has 1 fully saturated rings. The van der Waals surface area contributed by atoms with Crippen LogP contribution in [0.15, 0.2) is 41.1 Å². The molecule has 182 valence electrons. The van der Waals surface area contributed by atoms with E-state index in [1.54, 1.807) is 28.4 Å². The lowest BCUT2D eigenvalue weighted by Crippen LogP contribution is -2.40. The van der Waals surface area contributed by atoms with Crippen LogP contribution in [0.25, 0.3) is 0 Å². The van der Waals surface area contributed by atoms with Crippen LogP contribution in [0.2, 0.25) is 10.2 Å². The maximum atomic E-state index is 14.2. The topological polar surface area (TPSA) is 89.8 Å². The fraction of sp³-hybridized carbons (Fsp3) is 0.348. The van der Waals surface area contributed by atoms with Gasteiger partial charge >= 0.3 is 0 Å². The van der Waals surface area contributed by atoms with Crippen LogP contribution >= 0.6 is 34.5 Å². The Kier molecular flexibility index (Phi) is 7.12. The van der Waals surface area contributed by atoms with Crippen molar-refractivity contribution in [3.05, 3.63) is 68.2 Å². The second-order valence-electron chi connectivity index (χ2n) is 8.14. The van der Waals surface area contributed by atoms with Gasteiger partial charge in [-0.05, 0) is 25.0 Å². The van der Waals surface area contributed by atoms with Crippen molar-refractivity contribution in [3.63, 3.8) is 0 Å². The zero-order chi connectivity index (χ0) is 24.4. The second kappa shape index (κ2) is 10.4. The number of benzene rings is 1. The van der Waals surface area contributed by atoms with Crippen molar-refractivity contribution in [2.24, 2.45) is 5.16 Å². The van der Waals surface area contributed by atoms with Gasteiger partial charge in [0.15, 0.2) is 17.9 Å². The van der Waals surface area contributed by atoms with Crippen molar-refractivity contribution < 1.29 is 18.8 Å². The number of carbonyl (C=O) groups is 1. The number of nitrogens with zero attached hydrogens (tertiary/aromatic N) is 5. The minimum absolute atomic E-state index is 0.124. The molecular weight excluding hydrogens is 516 g/mol. The van der Waals surface area contributed by atoms with Gasteiger partial charge in [0.2, 0.25) is 0 Å². The van der Waals surface area contributed by atoms with Crippen molar-refractivity contribution in [2.75, 3.05) is 19.7 Å². The van der Waals surface area contributed by atoms with Crippen LogP contribution in [-0.2, 0) is 9.63 Å². The Balaban J connectivity index is 1.14. The molecule has 0 spiro atoms. The Morgan fingerprint density at radius 3 is 2.80 bits per heavy atom. The number of rotatable bonds is 6. The van der Waals surface area contributed by atoms with Gasteiger partial charge in [0, 0.05) is 48.8 Å². The number of piperidine rings is 1. The first-order valence-corrected chi connectivity index (χ1v) is 12.6. The minimum atomic E-state index is -0.572. The van der Waals surface area contributed by atoms with Crippen LogP contribution in [0, 0.1) is 5.82 Å². The average molecular weight is 536 g/mol. The number of thiazole rings is 1. The first kappa shape index (κ1) is 23.9. The number of aromatic nitrogens is 3. The summed E-state index contributed by atoms with van der Waals surface area (Å²) in [5.41, 5.74) is 1.71. The average Bonchev–Trinajstić information content (AvgIpc) is 3.54. The zero-order valence-corrected chi connectivity index (χ0v) is 20.7. The molecule has 5 rings (SSSR count). The molecule has 1 aromatic carbocycles. The molecule has 2 aliphatic rings. The molecular formula is C23H20Cl2FN5O3S. The fourth-order valence-corrected chi connectivity index (χ4v) is 5.56. The van der Waals surface area contributed by atoms with Crippen molar-refractivity contribution in [3.8, 4) is 5.88 Å². The van der Waals surface area contributed by atoms with Crippen molar-refractivity contribution >= 4 is 46.2 Å². The van der Waals surface area contributed by atoms with Crippen molar-refractivity contribution in [2.45, 2.75) is 31.3 Å². The summed E-state index contributed by atoms with van der Waals surface area (Å²) >= 11 is 13.6. The predicted molar refractivity (Wildman–Crippen MR) is 130 cm³/mol. The maximum Gasteiger partial charge on any atom is 0.260 e. The number of hydrogen-bond acceptors (Lipinski definition) is 8. The van der Waals surface area contributed by atoms with Gasteiger partial charge in [-0.15, -0.1) is 11.3 Å². The third kappa shape index (κ3) is 5.24. The summed E-state index contributed by atoms with van der Waals surface area (Å²) in [5.74, 6) is -0.149. The SMILES string of the molecule is O=C(COc1nccnc1Cl)N1CCC(c2nc(C3=NOC(c4c(F)cccc4Cl)C3)cs2)CC1. The van der Waals surface area contributed by atoms with Crippen LogP contribution in [0.1, 0.15) is 47.5 Å². The molecule has 0 N–H and O–H groups in total. The first-order valence-electron chi connectivity index (χ1n) is 11.0. The molecule has 35 heavy (non-hydrogen) atoms. The largest absolute Gasteiger partial charge is 0.465 e. The molecule has 0 saturated carbocycles. The highest BCUT2D eigenvalue weighted by Crippen LogP contribution is 2.37. The van der Waals surface area contributed by atoms with E-state index >= 15 is 0 Å². The molecule has 12 heteroatoms. The Hall–Kier alpha value is -2.82. The third-order valence-electron chi connectivity index (χ3n) is 5.96. The fourth-order valence-electron chi connectivity index (χ4n) is 4.11. The molecule has 3 aromatic rings. The Bertz CT molecular complexity index is 1250. The number of likely N-dealkylation sites (tertiary alicyclic amines) is 1. The van der Waals surface area contributed by atoms with E-state index in [4.69, 9.17) is 37.8 Å². The highest BCUT2D eigenvalue weighted by Gasteiger charge is 2.31. The predicted octanol–water partition coefficient (Wildman–Crippen LogP) is 5.03. The Morgan fingerprint density at radius 2 is 2.03 bits per heavy atom. The molecule has 1 saturated heterocycles. The quantitative estimate of drug-likeness (QED) is 0.439. The van der Waals surface area contributed by atoms with E-state index in [9.17, 15) is 9.18 Å². The molecule has 2 aliphatic heterocycles. The van der Waals surface area contributed by atoms with E-state index in [1.807, 2.05) is 5.38 Å². The summed E-state index contributed by atoms with van der Waals surface area (Å²) in [5, 5.41) is 7.52. The molecule has 2 aromatic heterocycles. The van der Waals surface area contributed by atoms with E-state index < -0.39 is 11.9 Å². The van der Waals surface area contributed by atoms with E-state index in [2.05, 4.69) is 15.1 Å². The van der Waals surface area contributed by atoms with Crippen molar-refractivity contribution in [1.29, 1.82) is 0 Å². The lowest BCUT2D eigenvalue weighted by Gasteiger charge is -2.31. The van der Waals surface area contributed by atoms with Crippen LogP contribution in [0.5, 0.6) is 5.88 Å². The van der Waals surface area contributed by atoms with Crippen molar-refractivity contribution in [1.82, 2.24) is 19.9 Å². The van der Waals surface area contributed by atoms with Gasteiger partial charge in [-0.1, -0.05) is 34.4 Å². The van der Waals surface area contributed by atoms with Crippen LogP contribution < -0.4 is 4.74 Å². The van der Waals surface area contributed by atoms with Gasteiger partial charge in [-0.2, -0.15) is 0 Å². The highest BCUT2D eigenvalue weighted by molar-refractivity contribution is 7.10. The third-order valence-corrected chi connectivity index (χ3v) is 7.56. The molecule has 4 heterocycles. The summed E-state index contributed by atoms with van der Waals surface area (Å²) in [6, 6.07) is 4.55. The van der Waals surface area contributed by atoms with Gasteiger partial charge in [0.1, 0.15) is 11.5 Å². The smallest absolute Gasteiger partial charge is 0.260 e. The normalized spacial score (nSPS) is 18.3. The number of amides is 1. The Labute approximate surface area is 214 Å². The lowest BCUT2D eigenvalue weighted by molar-refractivity contribution is -0.134. The second-order valence-corrected chi connectivity index (χ2v) is 9.79. The van der Waals surface area contributed by atoms with E-state index in [0.29, 0.717) is 35.8 Å². The van der Waals surface area contributed by atoms with E-state index in [1.165, 1.54) is 18.5 Å². The number of ether oxygens (including phenoxy) is 1. The van der Waals surface area contributed by atoms with Crippen LogP contribution in [0.4, 0.5) is 4.39 Å². The minimum Gasteiger partial charge on any atom is -0.465 e. The molecule has 1 unspecified atom stereocenters. The summed E-state index contributed by atoms with van der Waals surface area (Å²) < 4.78 is 19.7. The summed E-state index contributed by atoms with van der Waals surface area (Å²) in [6.07, 6.45) is 4.32. The van der Waals surface area contributed by atoms with Gasteiger partial charge < -0.3 is 14.5 Å². The standard InChI is InChI=1S/C23H20Cl2FN5O3S/c24-14-2-1-3-15(26)20(14)18-10-16(30-34-18)17-12-35-23(29-17)13-4-8-31(9-5-13)19(32)11-33-22-21(25)27-6-7-28-22/h1-3,6-7,12-13,18H,4-5,8-11H2. The number of oxime groups is 1.